The summed E-state index contributed by atoms with van der Waals surface area (Å²) >= 11 is 0. The Balaban J connectivity index is 1.86. The molecule has 38 heavy (non-hydrogen) atoms. The van der Waals surface area contributed by atoms with Crippen LogP contribution in [0.3, 0.4) is 0 Å². The Morgan fingerprint density at radius 2 is 1.71 bits per heavy atom. The third-order valence-electron chi connectivity index (χ3n) is 6.47. The zero-order valence-corrected chi connectivity index (χ0v) is 20.0. The third kappa shape index (κ3) is 5.72. The second-order valence-corrected chi connectivity index (χ2v) is 8.98. The number of aliphatic hydroxyl groups is 1. The number of halogens is 6. The number of para-hydroxylation sites is 1. The first kappa shape index (κ1) is 27.3. The minimum absolute atomic E-state index is 0.0859. The molecule has 1 N–H and O–H groups in total. The average Bonchev–Trinajstić information content (AvgIpc) is 3.16. The quantitative estimate of drug-likeness (QED) is 0.311. The van der Waals surface area contributed by atoms with Crippen LogP contribution in [0, 0.1) is 0 Å². The molecule has 0 aromatic heterocycles. The standard InChI is InChI=1S/C27H23F6NO4/c1-37-24(36)18-7-4-6-17(12-18)14-25(19-8-5-9-20(13-19)38-27(31,32)33)16-34(15-23(35)26(28,29)30)22-11-3-2-10-21(22)25/h2-13,23,35H,14-16H2,1H3/t23-,25?/m1/s1. The molecule has 1 unspecified atom stereocenters. The van der Waals surface area contributed by atoms with Crippen molar-refractivity contribution in [2.75, 3.05) is 25.1 Å². The van der Waals surface area contributed by atoms with Crippen molar-refractivity contribution in [3.63, 3.8) is 0 Å². The number of esters is 1. The van der Waals surface area contributed by atoms with Crippen LogP contribution in [-0.2, 0) is 16.6 Å². The van der Waals surface area contributed by atoms with Gasteiger partial charge in [-0.3, -0.25) is 0 Å². The average molecular weight is 539 g/mol. The molecule has 4 rings (SSSR count). The highest BCUT2D eigenvalue weighted by Gasteiger charge is 2.47. The van der Waals surface area contributed by atoms with E-state index in [0.29, 0.717) is 22.4 Å². The van der Waals surface area contributed by atoms with Crippen molar-refractivity contribution in [3.05, 3.63) is 95.1 Å². The third-order valence-corrected chi connectivity index (χ3v) is 6.47. The van der Waals surface area contributed by atoms with E-state index >= 15 is 0 Å². The van der Waals surface area contributed by atoms with Crippen LogP contribution in [0.25, 0.3) is 0 Å². The van der Waals surface area contributed by atoms with Gasteiger partial charge in [-0.05, 0) is 53.4 Å². The second kappa shape index (κ2) is 10.2. The molecule has 2 atom stereocenters. The summed E-state index contributed by atoms with van der Waals surface area (Å²) in [6.45, 7) is -0.861. The highest BCUT2D eigenvalue weighted by molar-refractivity contribution is 5.89. The topological polar surface area (TPSA) is 59.0 Å². The normalized spacial score (nSPS) is 18.2. The molecule has 0 amide bonds. The monoisotopic (exact) mass is 539 g/mol. The number of aliphatic hydroxyl groups excluding tert-OH is 1. The van der Waals surface area contributed by atoms with Crippen molar-refractivity contribution >= 4 is 11.7 Å². The van der Waals surface area contributed by atoms with Gasteiger partial charge in [-0.15, -0.1) is 13.2 Å². The molecular weight excluding hydrogens is 516 g/mol. The maximum absolute atomic E-state index is 13.3. The van der Waals surface area contributed by atoms with Gasteiger partial charge in [0, 0.05) is 17.6 Å². The summed E-state index contributed by atoms with van der Waals surface area (Å²) in [6, 6.07) is 18.3. The van der Waals surface area contributed by atoms with Gasteiger partial charge in [0.25, 0.3) is 0 Å². The van der Waals surface area contributed by atoms with Gasteiger partial charge in [-0.1, -0.05) is 42.5 Å². The van der Waals surface area contributed by atoms with Crippen LogP contribution in [0.5, 0.6) is 5.75 Å². The van der Waals surface area contributed by atoms with Crippen LogP contribution in [0.4, 0.5) is 32.0 Å². The molecule has 0 saturated carbocycles. The number of hydrogen-bond acceptors (Lipinski definition) is 5. The number of benzene rings is 3. The van der Waals surface area contributed by atoms with Crippen molar-refractivity contribution in [3.8, 4) is 5.75 Å². The molecule has 0 spiro atoms. The fourth-order valence-electron chi connectivity index (χ4n) is 4.89. The lowest BCUT2D eigenvalue weighted by Gasteiger charge is -2.33. The lowest BCUT2D eigenvalue weighted by Crippen LogP contribution is -2.44. The maximum atomic E-state index is 13.3. The molecule has 1 aliphatic heterocycles. The number of carbonyl (C=O) groups excluding carboxylic acids is 1. The van der Waals surface area contributed by atoms with Gasteiger partial charge in [0.15, 0.2) is 6.10 Å². The predicted molar refractivity (Wildman–Crippen MR) is 126 cm³/mol. The first-order valence-corrected chi connectivity index (χ1v) is 11.5. The Morgan fingerprint density at radius 1 is 1.00 bits per heavy atom. The maximum Gasteiger partial charge on any atom is 0.573 e. The molecule has 5 nitrogen and oxygen atoms in total. The number of methoxy groups -OCH3 is 1. The second-order valence-electron chi connectivity index (χ2n) is 8.98. The summed E-state index contributed by atoms with van der Waals surface area (Å²) in [5.74, 6) is -1.08. The van der Waals surface area contributed by atoms with E-state index in [-0.39, 0.29) is 18.5 Å². The Hall–Kier alpha value is -3.73. The predicted octanol–water partition coefficient (Wildman–Crippen LogP) is 5.64. The van der Waals surface area contributed by atoms with Crippen molar-refractivity contribution in [2.24, 2.45) is 0 Å². The van der Waals surface area contributed by atoms with Gasteiger partial charge >= 0.3 is 18.5 Å². The Morgan fingerprint density at radius 3 is 2.39 bits per heavy atom. The van der Waals surface area contributed by atoms with E-state index in [0.717, 1.165) is 6.07 Å². The van der Waals surface area contributed by atoms with Crippen molar-refractivity contribution < 1.29 is 45.7 Å². The fraction of sp³-hybridized carbons (Fsp3) is 0.296. The van der Waals surface area contributed by atoms with Gasteiger partial charge in [-0.25, -0.2) is 4.79 Å². The Labute approximate surface area is 214 Å². The first-order valence-electron chi connectivity index (χ1n) is 11.5. The minimum Gasteiger partial charge on any atom is -0.465 e. The molecule has 1 aliphatic rings. The first-order chi connectivity index (χ1) is 17.8. The molecule has 3 aromatic rings. The number of alkyl halides is 6. The SMILES string of the molecule is COC(=O)c1cccc(CC2(c3cccc(OC(F)(F)F)c3)CN(C[C@@H](O)C(F)(F)F)c3ccccc32)c1. The van der Waals surface area contributed by atoms with Crippen LogP contribution < -0.4 is 9.64 Å². The molecule has 1 heterocycles. The van der Waals surface area contributed by atoms with Gasteiger partial charge in [-0.2, -0.15) is 13.2 Å². The van der Waals surface area contributed by atoms with E-state index < -0.39 is 42.3 Å². The zero-order chi connectivity index (χ0) is 27.7. The van der Waals surface area contributed by atoms with Crippen LogP contribution in [0.1, 0.15) is 27.0 Å². The smallest absolute Gasteiger partial charge is 0.465 e. The molecule has 3 aromatic carbocycles. The number of β-amino-alcohol motifs (C(OH)–C–C–N with tert-alkyl or cyclic N) is 1. The van der Waals surface area contributed by atoms with E-state index in [4.69, 9.17) is 4.74 Å². The number of anilines is 1. The van der Waals surface area contributed by atoms with Gasteiger partial charge in [0.05, 0.1) is 19.2 Å². The number of rotatable bonds is 7. The molecule has 0 radical (unpaired) electrons. The summed E-state index contributed by atoms with van der Waals surface area (Å²) in [4.78, 5) is 13.5. The van der Waals surface area contributed by atoms with Crippen LogP contribution in [-0.4, -0.2) is 49.9 Å². The number of ether oxygens (including phenoxy) is 2. The van der Waals surface area contributed by atoms with Gasteiger partial charge in [0.1, 0.15) is 5.75 Å². The number of nitrogens with zero attached hydrogens (tertiary/aromatic N) is 1. The van der Waals surface area contributed by atoms with E-state index in [9.17, 15) is 36.2 Å². The fourth-order valence-corrected chi connectivity index (χ4v) is 4.89. The Bertz CT molecular complexity index is 1310. The van der Waals surface area contributed by atoms with Gasteiger partial charge in [0.2, 0.25) is 0 Å². The molecule has 11 heteroatoms. The summed E-state index contributed by atoms with van der Waals surface area (Å²) < 4.78 is 87.7. The summed E-state index contributed by atoms with van der Waals surface area (Å²) in [6.07, 6.45) is -12.3. The summed E-state index contributed by atoms with van der Waals surface area (Å²) in [7, 11) is 1.22. The van der Waals surface area contributed by atoms with Gasteiger partial charge < -0.3 is 19.5 Å². The largest absolute Gasteiger partial charge is 0.573 e. The van der Waals surface area contributed by atoms with Crippen LogP contribution >= 0.6 is 0 Å². The lowest BCUT2D eigenvalue weighted by molar-refractivity contribution is -0.274. The molecule has 202 valence electrons. The van der Waals surface area contributed by atoms with E-state index in [1.807, 2.05) is 0 Å². The molecular formula is C27H23F6NO4. The summed E-state index contributed by atoms with van der Waals surface area (Å²) in [5, 5.41) is 9.84. The zero-order valence-electron chi connectivity index (χ0n) is 20.0. The van der Waals surface area contributed by atoms with E-state index in [1.165, 1.54) is 30.2 Å². The van der Waals surface area contributed by atoms with Crippen LogP contribution in [0.15, 0.2) is 72.8 Å². The molecule has 0 aliphatic carbocycles. The van der Waals surface area contributed by atoms with E-state index in [2.05, 4.69) is 4.74 Å². The number of carbonyl (C=O) groups is 1. The lowest BCUT2D eigenvalue weighted by atomic mass is 9.71. The molecule has 0 bridgehead atoms. The number of hydrogen-bond donors (Lipinski definition) is 1. The highest BCUT2D eigenvalue weighted by Crippen LogP contribution is 2.48. The van der Waals surface area contributed by atoms with Crippen molar-refractivity contribution in [2.45, 2.75) is 30.5 Å². The highest BCUT2D eigenvalue weighted by atomic mass is 19.4. The molecule has 0 fully saturated rings. The van der Waals surface area contributed by atoms with Crippen LogP contribution in [0.2, 0.25) is 0 Å². The summed E-state index contributed by atoms with van der Waals surface area (Å²) in [5.41, 5.74) is 1.01. The molecule has 0 saturated heterocycles. The minimum atomic E-state index is -4.95. The van der Waals surface area contributed by atoms with E-state index in [1.54, 1.807) is 48.5 Å². The van der Waals surface area contributed by atoms with Crippen molar-refractivity contribution in [1.29, 1.82) is 0 Å². The Kier molecular flexibility index (Phi) is 7.33. The number of fused-ring (bicyclic) bond motifs is 1. The van der Waals surface area contributed by atoms with Crippen molar-refractivity contribution in [1.82, 2.24) is 0 Å².